The Morgan fingerprint density at radius 2 is 0.593 bits per heavy atom. The molecule has 54 heavy (non-hydrogen) atoms. The summed E-state index contributed by atoms with van der Waals surface area (Å²) < 4.78 is 12.0. The average Bonchev–Trinajstić information content (AvgIpc) is 3.18. The van der Waals surface area contributed by atoms with Crippen LogP contribution in [-0.2, 0) is 9.47 Å². The highest BCUT2D eigenvalue weighted by Gasteiger charge is 2.06. The summed E-state index contributed by atoms with van der Waals surface area (Å²) >= 11 is 0. The van der Waals surface area contributed by atoms with E-state index in [-0.39, 0.29) is 0 Å². The van der Waals surface area contributed by atoms with Crippen LogP contribution in [-0.4, -0.2) is 88.6 Å². The number of allylic oxidation sites excluding steroid dienone is 4. The molecule has 0 fully saturated rings. The Morgan fingerprint density at radius 3 is 0.907 bits per heavy atom. The second kappa shape index (κ2) is 48.4. The molecule has 0 radical (unpaired) electrons. The van der Waals surface area contributed by atoms with Crippen molar-refractivity contribution >= 4 is 0 Å². The maximum absolute atomic E-state index is 5.98. The first kappa shape index (κ1) is 53.2. The van der Waals surface area contributed by atoms with Crippen molar-refractivity contribution in [2.45, 2.75) is 206 Å². The van der Waals surface area contributed by atoms with E-state index in [0.717, 1.165) is 78.4 Å². The Kier molecular flexibility index (Phi) is 47.7. The van der Waals surface area contributed by atoms with Gasteiger partial charge in [0, 0.05) is 13.1 Å². The number of hydrogen-bond acceptors (Lipinski definition) is 6. The van der Waals surface area contributed by atoms with Gasteiger partial charge in [0.05, 0.1) is 26.4 Å². The lowest BCUT2D eigenvalue weighted by atomic mass is 10.1. The molecule has 322 valence electrons. The lowest BCUT2D eigenvalue weighted by Gasteiger charge is -2.22. The average molecular weight is 763 g/mol. The van der Waals surface area contributed by atoms with Gasteiger partial charge in [-0.05, 0) is 116 Å². The van der Waals surface area contributed by atoms with Crippen LogP contribution in [0.25, 0.3) is 0 Å². The van der Waals surface area contributed by atoms with Crippen molar-refractivity contribution in [3.8, 4) is 0 Å². The number of nitrogens with two attached hydrogens (primary N) is 2. The minimum absolute atomic E-state index is 0.677. The molecular weight excluding hydrogens is 665 g/mol. The van der Waals surface area contributed by atoms with Gasteiger partial charge in [0.25, 0.3) is 0 Å². The summed E-state index contributed by atoms with van der Waals surface area (Å²) in [6.07, 6.45) is 49.8. The van der Waals surface area contributed by atoms with Gasteiger partial charge in [0.1, 0.15) is 0 Å². The van der Waals surface area contributed by atoms with Crippen LogP contribution >= 0.6 is 0 Å². The predicted octanol–water partition coefficient (Wildman–Crippen LogP) is 12.4. The number of unbranched alkanes of at least 4 members (excludes halogenated alkanes) is 24. The molecule has 0 aliphatic carbocycles. The molecule has 4 N–H and O–H groups in total. The molecule has 0 aliphatic heterocycles. The Hall–Kier alpha value is -0.760. The van der Waals surface area contributed by atoms with Gasteiger partial charge in [0.15, 0.2) is 0 Å². The molecule has 6 nitrogen and oxygen atoms in total. The van der Waals surface area contributed by atoms with Crippen molar-refractivity contribution < 1.29 is 9.47 Å². The van der Waals surface area contributed by atoms with Gasteiger partial charge in [-0.2, -0.15) is 0 Å². The van der Waals surface area contributed by atoms with Crippen LogP contribution in [0.4, 0.5) is 0 Å². The number of hydrogen-bond donors (Lipinski definition) is 2. The lowest BCUT2D eigenvalue weighted by molar-refractivity contribution is 0.0307. The fourth-order valence-corrected chi connectivity index (χ4v) is 7.18. The third kappa shape index (κ3) is 44.0. The van der Waals surface area contributed by atoms with Gasteiger partial charge in [-0.3, -0.25) is 0 Å². The molecule has 0 aliphatic rings. The van der Waals surface area contributed by atoms with Gasteiger partial charge in [0.2, 0.25) is 0 Å². The minimum Gasteiger partial charge on any atom is -0.378 e. The van der Waals surface area contributed by atoms with E-state index in [0.29, 0.717) is 13.2 Å². The van der Waals surface area contributed by atoms with E-state index in [1.165, 1.54) is 180 Å². The van der Waals surface area contributed by atoms with E-state index in [9.17, 15) is 0 Å². The van der Waals surface area contributed by atoms with Gasteiger partial charge < -0.3 is 30.7 Å². The van der Waals surface area contributed by atoms with Crippen molar-refractivity contribution in [1.29, 1.82) is 0 Å². The summed E-state index contributed by atoms with van der Waals surface area (Å²) in [4.78, 5) is 5.10. The Labute approximate surface area is 339 Å². The zero-order chi connectivity index (χ0) is 39.1. The summed E-state index contributed by atoms with van der Waals surface area (Å²) in [7, 11) is 0. The molecule has 0 saturated heterocycles. The Morgan fingerprint density at radius 1 is 0.315 bits per heavy atom. The zero-order valence-corrected chi connectivity index (χ0v) is 36.9. The maximum atomic E-state index is 5.98. The fraction of sp³-hybridized carbons (Fsp3) is 0.917. The number of ether oxygens (including phenoxy) is 2. The predicted molar refractivity (Wildman–Crippen MR) is 241 cm³/mol. The minimum atomic E-state index is 0.677. The van der Waals surface area contributed by atoms with Crippen LogP contribution in [0.5, 0.6) is 0 Å². The Balaban J connectivity index is 3.78. The van der Waals surface area contributed by atoms with Gasteiger partial charge in [-0.1, -0.05) is 154 Å². The van der Waals surface area contributed by atoms with Crippen molar-refractivity contribution in [1.82, 2.24) is 9.80 Å². The van der Waals surface area contributed by atoms with Gasteiger partial charge in [-0.25, -0.2) is 0 Å². The van der Waals surface area contributed by atoms with Gasteiger partial charge >= 0.3 is 0 Å². The van der Waals surface area contributed by atoms with Crippen molar-refractivity contribution in [2.75, 3.05) is 78.8 Å². The fourth-order valence-electron chi connectivity index (χ4n) is 7.18. The topological polar surface area (TPSA) is 77.0 Å². The summed E-state index contributed by atoms with van der Waals surface area (Å²) in [5.41, 5.74) is 11.7. The van der Waals surface area contributed by atoms with Crippen LogP contribution in [0.2, 0.25) is 0 Å². The summed E-state index contributed by atoms with van der Waals surface area (Å²) in [5.74, 6) is 0. The van der Waals surface area contributed by atoms with E-state index >= 15 is 0 Å². The SMILES string of the molecule is CCCCCCCC/C=C\CCCCCCCCN(CCCN)CCOCCOCCN(CCCN)CCCCCCCC/C=C\CCCCCCCC. The highest BCUT2D eigenvalue weighted by atomic mass is 16.5. The second-order valence-corrected chi connectivity index (χ2v) is 16.1. The van der Waals surface area contributed by atoms with E-state index in [2.05, 4.69) is 48.0 Å². The molecule has 6 heteroatoms. The van der Waals surface area contributed by atoms with E-state index in [4.69, 9.17) is 20.9 Å². The van der Waals surface area contributed by atoms with Crippen LogP contribution in [0, 0.1) is 0 Å². The molecule has 0 unspecified atom stereocenters. The summed E-state index contributed by atoms with van der Waals surface area (Å²) in [5, 5.41) is 0. The first-order valence-electron chi connectivity index (χ1n) is 24.1. The van der Waals surface area contributed by atoms with Crippen molar-refractivity contribution in [3.63, 3.8) is 0 Å². The molecule has 0 aromatic heterocycles. The van der Waals surface area contributed by atoms with E-state index < -0.39 is 0 Å². The number of nitrogens with zero attached hydrogens (tertiary/aromatic N) is 2. The molecule has 0 aromatic carbocycles. The first-order valence-corrected chi connectivity index (χ1v) is 24.1. The van der Waals surface area contributed by atoms with Crippen molar-refractivity contribution in [2.24, 2.45) is 11.5 Å². The third-order valence-corrected chi connectivity index (χ3v) is 10.8. The molecule has 0 aromatic rings. The van der Waals surface area contributed by atoms with Crippen LogP contribution in [0.15, 0.2) is 24.3 Å². The van der Waals surface area contributed by atoms with E-state index in [1.54, 1.807) is 0 Å². The molecule has 0 heterocycles. The van der Waals surface area contributed by atoms with Crippen LogP contribution < -0.4 is 11.5 Å². The largest absolute Gasteiger partial charge is 0.378 e. The molecule has 0 saturated carbocycles. The molecule has 0 rings (SSSR count). The first-order chi connectivity index (χ1) is 26.8. The zero-order valence-electron chi connectivity index (χ0n) is 36.9. The second-order valence-electron chi connectivity index (χ2n) is 16.1. The van der Waals surface area contributed by atoms with Crippen LogP contribution in [0.1, 0.15) is 206 Å². The normalized spacial score (nSPS) is 12.2. The monoisotopic (exact) mass is 763 g/mol. The molecule has 0 amide bonds. The van der Waals surface area contributed by atoms with Gasteiger partial charge in [-0.15, -0.1) is 0 Å². The maximum Gasteiger partial charge on any atom is 0.0701 e. The lowest BCUT2D eigenvalue weighted by Crippen LogP contribution is -2.32. The highest BCUT2D eigenvalue weighted by Crippen LogP contribution is 2.12. The summed E-state index contributed by atoms with van der Waals surface area (Å²) in [6.45, 7) is 15.5. The molecule has 0 atom stereocenters. The standard InChI is InChI=1S/C48H98N4O2/c1-3-5-7-9-11-13-15-17-19-21-23-25-27-29-31-33-39-51(41-35-37-49)43-45-53-47-48-54-46-44-52(42-36-38-50)40-34-32-30-28-26-24-22-20-18-16-14-12-10-8-6-4-2/h17-20H,3-16,21-50H2,1-2H3/b19-17-,20-18-. The van der Waals surface area contributed by atoms with E-state index in [1.807, 2.05) is 0 Å². The van der Waals surface area contributed by atoms with Crippen molar-refractivity contribution in [3.05, 3.63) is 24.3 Å². The molecule has 0 bridgehead atoms. The smallest absolute Gasteiger partial charge is 0.0701 e. The third-order valence-electron chi connectivity index (χ3n) is 10.8. The Bertz CT molecular complexity index is 674. The quantitative estimate of drug-likeness (QED) is 0.0475. The molecule has 0 spiro atoms. The van der Waals surface area contributed by atoms with Crippen LogP contribution in [0.3, 0.4) is 0 Å². The molecular formula is C48H98N4O2. The number of rotatable bonds is 47. The highest BCUT2D eigenvalue weighted by molar-refractivity contribution is 4.82. The summed E-state index contributed by atoms with van der Waals surface area (Å²) in [6, 6.07) is 0.